The van der Waals surface area contributed by atoms with E-state index in [0.717, 1.165) is 77.2 Å². The molecule has 2 fully saturated rings. The molecule has 210 valence electrons. The first-order valence-corrected chi connectivity index (χ1v) is 15.4. The lowest BCUT2D eigenvalue weighted by Crippen LogP contribution is -2.94. The van der Waals surface area contributed by atoms with Crippen molar-refractivity contribution in [2.24, 2.45) is 41.2 Å². The Kier molecular flexibility index (Phi) is 11.3. The van der Waals surface area contributed by atoms with Crippen molar-refractivity contribution < 1.29 is 25.4 Å². The fraction of sp³-hybridized carbons (Fsp3) is 0.871. The number of allylic oxidation sites excluding steroid dienone is 2. The van der Waals surface area contributed by atoms with Crippen LogP contribution in [0.1, 0.15) is 90.4 Å². The van der Waals surface area contributed by atoms with E-state index in [2.05, 4.69) is 36.2 Å². The molecule has 37 heavy (non-hydrogen) atoms. The van der Waals surface area contributed by atoms with Crippen molar-refractivity contribution in [3.05, 3.63) is 12.2 Å². The van der Waals surface area contributed by atoms with Crippen molar-refractivity contribution >= 4 is 0 Å². The van der Waals surface area contributed by atoms with Crippen molar-refractivity contribution in [1.82, 2.24) is 0 Å². The van der Waals surface area contributed by atoms with Crippen LogP contribution in [0.25, 0.3) is 0 Å². The third-order valence-electron chi connectivity index (χ3n) is 9.77. The molecule has 1 saturated carbocycles. The summed E-state index contributed by atoms with van der Waals surface area (Å²) in [5, 5.41) is 35.3. The summed E-state index contributed by atoms with van der Waals surface area (Å²) in [6.07, 6.45) is 15.7. The number of quaternary nitrogens is 1. The van der Waals surface area contributed by atoms with Gasteiger partial charge >= 0.3 is 0 Å². The third-order valence-corrected chi connectivity index (χ3v) is 9.77. The minimum atomic E-state index is -0.570. The van der Waals surface area contributed by atoms with Gasteiger partial charge in [-0.2, -0.15) is 0 Å². The second kappa shape index (κ2) is 14.4. The number of rotatable bonds is 7. The lowest BCUT2D eigenvalue weighted by atomic mass is 9.74. The fourth-order valence-corrected chi connectivity index (χ4v) is 7.39. The zero-order chi connectivity index (χ0) is 26.2. The van der Waals surface area contributed by atoms with Crippen LogP contribution in [0.3, 0.4) is 0 Å². The highest BCUT2D eigenvalue weighted by Crippen LogP contribution is 2.40. The Balaban J connectivity index is 1.34. The van der Waals surface area contributed by atoms with Crippen molar-refractivity contribution in [2.45, 2.75) is 121 Å². The molecule has 11 unspecified atom stereocenters. The molecule has 0 aromatic carbocycles. The van der Waals surface area contributed by atoms with E-state index < -0.39 is 18.3 Å². The normalized spacial score (nSPS) is 43.2. The lowest BCUT2D eigenvalue weighted by Gasteiger charge is -2.37. The van der Waals surface area contributed by atoms with Crippen molar-refractivity contribution in [2.75, 3.05) is 13.2 Å². The van der Waals surface area contributed by atoms with Gasteiger partial charge in [-0.15, -0.1) is 0 Å². The maximum Gasteiger partial charge on any atom is 0.137 e. The van der Waals surface area contributed by atoms with Crippen LogP contribution in [-0.2, 0) is 4.74 Å². The van der Waals surface area contributed by atoms with Crippen LogP contribution in [0.2, 0.25) is 0 Å². The molecule has 1 heterocycles. The molecule has 0 spiro atoms. The van der Waals surface area contributed by atoms with E-state index >= 15 is 0 Å². The van der Waals surface area contributed by atoms with Crippen molar-refractivity contribution in [3.8, 4) is 11.8 Å². The fourth-order valence-electron chi connectivity index (χ4n) is 7.39. The average molecular weight is 518 g/mol. The van der Waals surface area contributed by atoms with Gasteiger partial charge in [0.2, 0.25) is 0 Å². The SMILES string of the molecule is CCC1C#CC2C=CC(C3CCC(O)C(OCCCC4CC[NH2+]C(N)C4)C3)CC(O)C2C(O)CCCC1. The van der Waals surface area contributed by atoms with E-state index in [0.29, 0.717) is 30.8 Å². The Morgan fingerprint density at radius 2 is 1.76 bits per heavy atom. The maximum atomic E-state index is 11.3. The number of aliphatic hydroxyl groups is 3. The molecule has 7 N–H and O–H groups in total. The summed E-state index contributed by atoms with van der Waals surface area (Å²) in [5.74, 6) is 8.32. The van der Waals surface area contributed by atoms with E-state index in [9.17, 15) is 15.3 Å². The topological polar surface area (TPSA) is 113 Å². The molecule has 11 atom stereocenters. The molecule has 0 amide bonds. The molecule has 1 aliphatic heterocycles. The smallest absolute Gasteiger partial charge is 0.137 e. The van der Waals surface area contributed by atoms with Crippen LogP contribution in [-0.4, -0.2) is 59.1 Å². The lowest BCUT2D eigenvalue weighted by molar-refractivity contribution is -0.699. The monoisotopic (exact) mass is 517 g/mol. The van der Waals surface area contributed by atoms with E-state index in [4.69, 9.17) is 10.5 Å². The molecule has 0 bridgehead atoms. The van der Waals surface area contributed by atoms with Crippen LogP contribution in [0, 0.1) is 47.3 Å². The first-order valence-electron chi connectivity index (χ1n) is 15.4. The van der Waals surface area contributed by atoms with Crippen molar-refractivity contribution in [3.63, 3.8) is 0 Å². The van der Waals surface area contributed by atoms with Crippen LogP contribution >= 0.6 is 0 Å². The maximum absolute atomic E-state index is 11.3. The summed E-state index contributed by atoms with van der Waals surface area (Å²) in [5.41, 5.74) is 6.09. The van der Waals surface area contributed by atoms with Gasteiger partial charge in [0, 0.05) is 30.8 Å². The summed E-state index contributed by atoms with van der Waals surface area (Å²) in [4.78, 5) is 0. The molecule has 1 saturated heterocycles. The predicted molar refractivity (Wildman–Crippen MR) is 146 cm³/mol. The third kappa shape index (κ3) is 8.27. The highest BCUT2D eigenvalue weighted by atomic mass is 16.5. The van der Waals surface area contributed by atoms with E-state index in [1.54, 1.807) is 0 Å². The van der Waals surface area contributed by atoms with Gasteiger partial charge in [0.25, 0.3) is 0 Å². The molecule has 6 nitrogen and oxygen atoms in total. The van der Waals surface area contributed by atoms with Gasteiger partial charge in [-0.3, -0.25) is 5.73 Å². The largest absolute Gasteiger partial charge is 0.393 e. The van der Waals surface area contributed by atoms with Gasteiger partial charge in [0.1, 0.15) is 6.17 Å². The number of hydrogen-bond donors (Lipinski definition) is 5. The molecule has 4 rings (SSSR count). The Morgan fingerprint density at radius 1 is 0.919 bits per heavy atom. The van der Waals surface area contributed by atoms with E-state index in [1.165, 1.54) is 6.42 Å². The minimum Gasteiger partial charge on any atom is -0.393 e. The van der Waals surface area contributed by atoms with E-state index in [-0.39, 0.29) is 30.0 Å². The molecular formula is C31H53N2O4+. The summed E-state index contributed by atoms with van der Waals surface area (Å²) in [7, 11) is 0. The number of hydrogen-bond acceptors (Lipinski definition) is 5. The molecule has 0 radical (unpaired) electrons. The van der Waals surface area contributed by atoms with Gasteiger partial charge in [-0.1, -0.05) is 43.8 Å². The molecule has 4 aliphatic rings. The number of fused-ring (bicyclic) bond motifs is 1. The van der Waals surface area contributed by atoms with Crippen LogP contribution in [0.4, 0.5) is 0 Å². The zero-order valence-electron chi connectivity index (χ0n) is 23.0. The van der Waals surface area contributed by atoms with E-state index in [1.807, 2.05) is 0 Å². The Hall–Kier alpha value is -0.940. The Bertz CT molecular complexity index is 779. The Morgan fingerprint density at radius 3 is 2.57 bits per heavy atom. The number of ether oxygens (including phenoxy) is 1. The van der Waals surface area contributed by atoms with Gasteiger partial charge < -0.3 is 25.4 Å². The summed E-state index contributed by atoms with van der Waals surface area (Å²) < 4.78 is 6.25. The quantitative estimate of drug-likeness (QED) is 0.203. The number of aliphatic hydroxyl groups excluding tert-OH is 3. The van der Waals surface area contributed by atoms with Crippen LogP contribution < -0.4 is 11.1 Å². The first kappa shape index (κ1) is 29.1. The number of nitrogens with two attached hydrogens (primary N) is 2. The first-order chi connectivity index (χ1) is 17.9. The van der Waals surface area contributed by atoms with Gasteiger partial charge in [0.05, 0.1) is 31.0 Å². The zero-order valence-corrected chi connectivity index (χ0v) is 23.0. The molecule has 6 heteroatoms. The summed E-state index contributed by atoms with van der Waals surface area (Å²) in [6.45, 7) is 4.02. The second-order valence-electron chi connectivity index (χ2n) is 12.5. The molecule has 3 aliphatic carbocycles. The van der Waals surface area contributed by atoms with Crippen LogP contribution in [0.5, 0.6) is 0 Å². The molecular weight excluding hydrogens is 464 g/mol. The summed E-state index contributed by atoms with van der Waals surface area (Å²) >= 11 is 0. The molecule has 0 aromatic rings. The standard InChI is InChI=1S/C31H52N2O4/c1-2-21-6-3-4-8-27(35)31-23(10-9-21)11-12-24(19-28(31)36)25-13-14-26(34)29(20-25)37-17-5-7-22-15-16-33-30(32)18-22/h11-12,21-31,33-36H,2-8,13-20,32H2,1H3/p+1. The van der Waals surface area contributed by atoms with Gasteiger partial charge in [-0.25, -0.2) is 0 Å². The highest BCUT2D eigenvalue weighted by Gasteiger charge is 2.40. The average Bonchev–Trinajstić information content (AvgIpc) is 3.05. The predicted octanol–water partition coefficient (Wildman–Crippen LogP) is 2.70. The molecule has 0 aromatic heterocycles. The van der Waals surface area contributed by atoms with Crippen molar-refractivity contribution in [1.29, 1.82) is 0 Å². The second-order valence-corrected chi connectivity index (χ2v) is 12.5. The summed E-state index contributed by atoms with van der Waals surface area (Å²) in [6, 6.07) is 0. The highest BCUT2D eigenvalue weighted by molar-refractivity contribution is 5.19. The van der Waals surface area contributed by atoms with Gasteiger partial charge in [-0.05, 0) is 82.0 Å². The van der Waals surface area contributed by atoms with Gasteiger partial charge in [0.15, 0.2) is 0 Å². The minimum absolute atomic E-state index is 0.103. The van der Waals surface area contributed by atoms with Crippen LogP contribution in [0.15, 0.2) is 12.2 Å². The Labute approximate surface area is 224 Å². The number of piperidine rings is 1.